The first-order valence-electron chi connectivity index (χ1n) is 10.9. The molecule has 0 spiro atoms. The van der Waals surface area contributed by atoms with Crippen LogP contribution in [0.4, 0.5) is 0 Å². The largest absolute Gasteiger partial charge is 0.463 e. The number of carbonyl (C=O) groups excluding carboxylic acids is 1. The average molecular weight is 412 g/mol. The predicted octanol–water partition coefficient (Wildman–Crippen LogP) is 5.49. The first-order valence-corrected chi connectivity index (χ1v) is 11.9. The number of thioether (sulfide) groups is 1. The van der Waals surface area contributed by atoms with Gasteiger partial charge in [0.15, 0.2) is 4.75 Å². The maximum atomic E-state index is 13.6. The predicted molar refractivity (Wildman–Crippen MR) is 122 cm³/mol. The Kier molecular flexibility index (Phi) is 8.63. The van der Waals surface area contributed by atoms with Gasteiger partial charge in [-0.25, -0.2) is 4.79 Å². The van der Waals surface area contributed by atoms with Crippen molar-refractivity contribution in [3.05, 3.63) is 71.8 Å². The van der Waals surface area contributed by atoms with E-state index in [0.717, 1.165) is 49.4 Å². The van der Waals surface area contributed by atoms with E-state index < -0.39 is 4.75 Å². The van der Waals surface area contributed by atoms with Crippen LogP contribution in [0.3, 0.4) is 0 Å². The fraction of sp³-hybridized carbons (Fsp3) is 0.480. The molecule has 2 aromatic rings. The van der Waals surface area contributed by atoms with Crippen molar-refractivity contribution in [3.8, 4) is 0 Å². The number of rotatable bonds is 10. The second-order valence-electron chi connectivity index (χ2n) is 7.65. The number of benzene rings is 2. The van der Waals surface area contributed by atoms with Crippen molar-refractivity contribution in [2.24, 2.45) is 0 Å². The number of likely N-dealkylation sites (tertiary alicyclic amines) is 1. The van der Waals surface area contributed by atoms with Gasteiger partial charge in [-0.1, -0.05) is 80.4 Å². The Bertz CT molecular complexity index is 690. The lowest BCUT2D eigenvalue weighted by Gasteiger charge is -2.33. The monoisotopic (exact) mass is 411 g/mol. The molecule has 0 aromatic heterocycles. The molecule has 0 saturated carbocycles. The van der Waals surface area contributed by atoms with Crippen molar-refractivity contribution in [2.75, 3.05) is 32.0 Å². The molecule has 2 aromatic carbocycles. The Labute approximate surface area is 179 Å². The number of hydrogen-bond acceptors (Lipinski definition) is 4. The molecule has 1 aliphatic heterocycles. The Morgan fingerprint density at radius 2 is 1.55 bits per heavy atom. The minimum Gasteiger partial charge on any atom is -0.463 e. The summed E-state index contributed by atoms with van der Waals surface area (Å²) in [6, 6.07) is 20.2. The number of carbonyl (C=O) groups is 1. The summed E-state index contributed by atoms with van der Waals surface area (Å²) in [6.07, 6.45) is 6.00. The molecule has 0 amide bonds. The molecular weight excluding hydrogens is 378 g/mol. The van der Waals surface area contributed by atoms with Crippen LogP contribution < -0.4 is 0 Å². The van der Waals surface area contributed by atoms with Gasteiger partial charge in [-0.2, -0.15) is 0 Å². The van der Waals surface area contributed by atoms with E-state index in [2.05, 4.69) is 36.1 Å². The van der Waals surface area contributed by atoms with E-state index in [1.165, 1.54) is 19.3 Å². The van der Waals surface area contributed by atoms with E-state index in [1.54, 1.807) is 11.8 Å². The smallest absolute Gasteiger partial charge is 0.331 e. The Hall–Kier alpha value is -1.78. The summed E-state index contributed by atoms with van der Waals surface area (Å²) >= 11 is 1.71. The summed E-state index contributed by atoms with van der Waals surface area (Å²) in [5.41, 5.74) is 1.99. The molecule has 1 saturated heterocycles. The van der Waals surface area contributed by atoms with Gasteiger partial charge in [0, 0.05) is 6.54 Å². The molecule has 156 valence electrons. The van der Waals surface area contributed by atoms with Crippen LogP contribution >= 0.6 is 11.8 Å². The number of piperidine rings is 1. The summed E-state index contributed by atoms with van der Waals surface area (Å²) < 4.78 is 5.13. The lowest BCUT2D eigenvalue weighted by molar-refractivity contribution is -0.146. The van der Waals surface area contributed by atoms with E-state index in [1.807, 2.05) is 36.4 Å². The van der Waals surface area contributed by atoms with Gasteiger partial charge >= 0.3 is 5.97 Å². The molecule has 0 radical (unpaired) electrons. The highest BCUT2D eigenvalue weighted by atomic mass is 32.2. The molecule has 3 rings (SSSR count). The van der Waals surface area contributed by atoms with Gasteiger partial charge in [-0.3, -0.25) is 4.90 Å². The third kappa shape index (κ3) is 5.64. The van der Waals surface area contributed by atoms with Crippen molar-refractivity contribution in [2.45, 2.75) is 43.8 Å². The van der Waals surface area contributed by atoms with Gasteiger partial charge in [0.1, 0.15) is 6.61 Å². The van der Waals surface area contributed by atoms with Gasteiger partial charge in [-0.15, -0.1) is 11.8 Å². The van der Waals surface area contributed by atoms with Crippen LogP contribution in [0.25, 0.3) is 0 Å². The highest BCUT2D eigenvalue weighted by molar-refractivity contribution is 8.01. The molecule has 0 N–H and O–H groups in total. The molecule has 0 atom stereocenters. The van der Waals surface area contributed by atoms with Crippen LogP contribution in [0.2, 0.25) is 0 Å². The molecule has 3 nitrogen and oxygen atoms in total. The van der Waals surface area contributed by atoms with Crippen LogP contribution in [0, 0.1) is 0 Å². The van der Waals surface area contributed by atoms with E-state index in [4.69, 9.17) is 4.74 Å². The molecule has 0 bridgehead atoms. The van der Waals surface area contributed by atoms with Crippen molar-refractivity contribution in [3.63, 3.8) is 0 Å². The van der Waals surface area contributed by atoms with Crippen LogP contribution in [-0.2, 0) is 14.3 Å². The summed E-state index contributed by atoms with van der Waals surface area (Å²) in [7, 11) is 0. The standard InChI is InChI=1S/C25H33NO2S/c1-2-3-21-29-25(22-13-7-4-8-14-22,23-15-9-5-10-16-23)24(27)28-20-19-26-17-11-6-12-18-26/h4-5,7-10,13-16H,2-3,6,11-12,17-21H2,1H3. The van der Waals surface area contributed by atoms with Gasteiger partial charge in [0.05, 0.1) is 0 Å². The quantitative estimate of drug-likeness (QED) is 0.382. The summed E-state index contributed by atoms with van der Waals surface area (Å²) in [5, 5.41) is 0. The SMILES string of the molecule is CCCCSC(C(=O)OCCN1CCCCC1)(c1ccccc1)c1ccccc1. The highest BCUT2D eigenvalue weighted by Crippen LogP contribution is 2.44. The first kappa shape index (κ1) is 21.9. The number of nitrogens with zero attached hydrogens (tertiary/aromatic N) is 1. The van der Waals surface area contributed by atoms with Crippen LogP contribution in [0.15, 0.2) is 60.7 Å². The minimum absolute atomic E-state index is 0.145. The van der Waals surface area contributed by atoms with Crippen LogP contribution in [-0.4, -0.2) is 42.9 Å². The molecular formula is C25H33NO2S. The van der Waals surface area contributed by atoms with Crippen LogP contribution in [0.1, 0.15) is 50.2 Å². The van der Waals surface area contributed by atoms with Crippen molar-refractivity contribution in [1.82, 2.24) is 4.90 Å². The Morgan fingerprint density at radius 1 is 0.966 bits per heavy atom. The van der Waals surface area contributed by atoms with Crippen LogP contribution in [0.5, 0.6) is 0 Å². The zero-order valence-corrected chi connectivity index (χ0v) is 18.3. The maximum absolute atomic E-state index is 13.6. The summed E-state index contributed by atoms with van der Waals surface area (Å²) in [6.45, 7) is 5.69. The number of ether oxygens (including phenoxy) is 1. The summed E-state index contributed by atoms with van der Waals surface area (Å²) in [4.78, 5) is 16.1. The second-order valence-corrected chi connectivity index (χ2v) is 8.96. The molecule has 1 fully saturated rings. The van der Waals surface area contributed by atoms with E-state index in [0.29, 0.717) is 6.61 Å². The zero-order chi connectivity index (χ0) is 20.4. The molecule has 4 heteroatoms. The van der Waals surface area contributed by atoms with Crippen molar-refractivity contribution >= 4 is 17.7 Å². The second kappa shape index (κ2) is 11.4. The number of unbranched alkanes of at least 4 members (excludes halogenated alkanes) is 1. The normalized spacial score (nSPS) is 15.2. The molecule has 1 aliphatic rings. The van der Waals surface area contributed by atoms with E-state index in [-0.39, 0.29) is 5.97 Å². The average Bonchev–Trinajstić information content (AvgIpc) is 2.79. The Morgan fingerprint density at radius 3 is 2.10 bits per heavy atom. The highest BCUT2D eigenvalue weighted by Gasteiger charge is 2.44. The Balaban J connectivity index is 1.84. The lowest BCUT2D eigenvalue weighted by Crippen LogP contribution is -2.38. The maximum Gasteiger partial charge on any atom is 0.331 e. The number of esters is 1. The zero-order valence-electron chi connectivity index (χ0n) is 17.5. The number of hydrogen-bond donors (Lipinski definition) is 0. The van der Waals surface area contributed by atoms with Gasteiger partial charge < -0.3 is 4.74 Å². The van der Waals surface area contributed by atoms with Crippen molar-refractivity contribution < 1.29 is 9.53 Å². The lowest BCUT2D eigenvalue weighted by atomic mass is 9.90. The van der Waals surface area contributed by atoms with Gasteiger partial charge in [-0.05, 0) is 49.2 Å². The third-order valence-electron chi connectivity index (χ3n) is 5.55. The molecule has 0 aliphatic carbocycles. The van der Waals surface area contributed by atoms with Gasteiger partial charge in [0.2, 0.25) is 0 Å². The fourth-order valence-electron chi connectivity index (χ4n) is 3.90. The first-order chi connectivity index (χ1) is 14.3. The minimum atomic E-state index is -0.820. The summed E-state index contributed by atoms with van der Waals surface area (Å²) in [5.74, 6) is 0.773. The van der Waals surface area contributed by atoms with Crippen molar-refractivity contribution in [1.29, 1.82) is 0 Å². The van der Waals surface area contributed by atoms with Gasteiger partial charge in [0.25, 0.3) is 0 Å². The molecule has 1 heterocycles. The van der Waals surface area contributed by atoms with E-state index >= 15 is 0 Å². The third-order valence-corrected chi connectivity index (χ3v) is 7.12. The molecule has 29 heavy (non-hydrogen) atoms. The molecule has 0 unspecified atom stereocenters. The van der Waals surface area contributed by atoms with E-state index in [9.17, 15) is 4.79 Å². The fourth-order valence-corrected chi connectivity index (χ4v) is 5.42. The topological polar surface area (TPSA) is 29.5 Å².